The molecule has 0 bridgehead atoms. The largest absolute Gasteiger partial charge is 0.496 e. The summed E-state index contributed by atoms with van der Waals surface area (Å²) in [5, 5.41) is 0.538. The zero-order chi connectivity index (χ0) is 14.0. The van der Waals surface area contributed by atoms with Gasteiger partial charge in [-0.15, -0.1) is 11.6 Å². The summed E-state index contributed by atoms with van der Waals surface area (Å²) in [6.45, 7) is 3.99. The number of benzene rings is 2. The molecule has 1 atom stereocenters. The standard InChI is InChI=1S/C16H16Cl2O/c1-10-4-5-13(9-14(10)17)16(18)12-6-7-15(19-3)11(2)8-12/h4-9,16H,1-3H3. The van der Waals surface area contributed by atoms with Gasteiger partial charge in [-0.1, -0.05) is 35.9 Å². The van der Waals surface area contributed by atoms with E-state index in [1.807, 2.05) is 50.2 Å². The maximum atomic E-state index is 6.52. The summed E-state index contributed by atoms with van der Waals surface area (Å²) in [4.78, 5) is 0. The molecule has 0 spiro atoms. The second-order valence-electron chi connectivity index (χ2n) is 4.60. The van der Waals surface area contributed by atoms with E-state index in [2.05, 4.69) is 0 Å². The summed E-state index contributed by atoms with van der Waals surface area (Å²) in [5.41, 5.74) is 4.17. The lowest BCUT2D eigenvalue weighted by Crippen LogP contribution is -1.96. The van der Waals surface area contributed by atoms with Crippen LogP contribution in [-0.2, 0) is 0 Å². The van der Waals surface area contributed by atoms with E-state index in [-0.39, 0.29) is 5.38 Å². The third kappa shape index (κ3) is 3.05. The molecule has 1 nitrogen and oxygen atoms in total. The first-order chi connectivity index (χ1) is 9.02. The highest BCUT2D eigenvalue weighted by molar-refractivity contribution is 6.31. The fraction of sp³-hybridized carbons (Fsp3) is 0.250. The Labute approximate surface area is 124 Å². The van der Waals surface area contributed by atoms with Crippen molar-refractivity contribution in [1.82, 2.24) is 0 Å². The van der Waals surface area contributed by atoms with Crippen LogP contribution in [0.5, 0.6) is 5.75 Å². The lowest BCUT2D eigenvalue weighted by atomic mass is 10.0. The van der Waals surface area contributed by atoms with Crippen molar-refractivity contribution < 1.29 is 4.74 Å². The van der Waals surface area contributed by atoms with Gasteiger partial charge in [-0.05, 0) is 48.2 Å². The maximum Gasteiger partial charge on any atom is 0.121 e. The molecule has 100 valence electrons. The molecule has 0 amide bonds. The zero-order valence-electron chi connectivity index (χ0n) is 11.2. The fourth-order valence-electron chi connectivity index (χ4n) is 2.02. The average Bonchev–Trinajstić information content (AvgIpc) is 2.41. The molecule has 2 aromatic carbocycles. The Morgan fingerprint density at radius 2 is 1.58 bits per heavy atom. The Balaban J connectivity index is 2.35. The molecule has 0 radical (unpaired) electrons. The van der Waals surface area contributed by atoms with Crippen LogP contribution in [0.2, 0.25) is 5.02 Å². The summed E-state index contributed by atoms with van der Waals surface area (Å²) >= 11 is 12.7. The fourth-order valence-corrected chi connectivity index (χ4v) is 2.48. The first kappa shape index (κ1) is 14.2. The van der Waals surface area contributed by atoms with Crippen molar-refractivity contribution in [2.45, 2.75) is 19.2 Å². The number of methoxy groups -OCH3 is 1. The van der Waals surface area contributed by atoms with Gasteiger partial charge < -0.3 is 4.74 Å². The third-order valence-corrected chi connectivity index (χ3v) is 4.11. The van der Waals surface area contributed by atoms with Crippen molar-refractivity contribution in [3.05, 3.63) is 63.7 Å². The van der Waals surface area contributed by atoms with Gasteiger partial charge in [-0.25, -0.2) is 0 Å². The highest BCUT2D eigenvalue weighted by Crippen LogP contribution is 2.33. The molecule has 0 heterocycles. The van der Waals surface area contributed by atoms with Crippen molar-refractivity contribution in [3.8, 4) is 5.75 Å². The summed E-state index contributed by atoms with van der Waals surface area (Å²) < 4.78 is 5.26. The van der Waals surface area contributed by atoms with Gasteiger partial charge in [0.15, 0.2) is 0 Å². The molecule has 0 N–H and O–H groups in total. The topological polar surface area (TPSA) is 9.23 Å². The Morgan fingerprint density at radius 3 is 2.16 bits per heavy atom. The van der Waals surface area contributed by atoms with Gasteiger partial charge in [-0.2, -0.15) is 0 Å². The molecule has 0 saturated carbocycles. The van der Waals surface area contributed by atoms with Gasteiger partial charge >= 0.3 is 0 Å². The summed E-state index contributed by atoms with van der Waals surface area (Å²) in [6.07, 6.45) is 0. The van der Waals surface area contributed by atoms with E-state index >= 15 is 0 Å². The van der Waals surface area contributed by atoms with Crippen molar-refractivity contribution in [2.24, 2.45) is 0 Å². The highest BCUT2D eigenvalue weighted by atomic mass is 35.5. The van der Waals surface area contributed by atoms with Crippen LogP contribution in [-0.4, -0.2) is 7.11 Å². The Morgan fingerprint density at radius 1 is 0.947 bits per heavy atom. The highest BCUT2D eigenvalue weighted by Gasteiger charge is 2.13. The molecule has 0 fully saturated rings. The second kappa shape index (κ2) is 5.85. The normalized spacial score (nSPS) is 12.3. The van der Waals surface area contributed by atoms with Gasteiger partial charge in [-0.3, -0.25) is 0 Å². The molecule has 0 saturated heterocycles. The number of ether oxygens (including phenoxy) is 1. The van der Waals surface area contributed by atoms with Gasteiger partial charge in [0.2, 0.25) is 0 Å². The van der Waals surface area contributed by atoms with E-state index in [1.165, 1.54) is 0 Å². The Kier molecular flexibility index (Phi) is 4.38. The van der Waals surface area contributed by atoms with E-state index in [4.69, 9.17) is 27.9 Å². The lowest BCUT2D eigenvalue weighted by Gasteiger charge is -2.14. The molecule has 0 aromatic heterocycles. The molecule has 19 heavy (non-hydrogen) atoms. The average molecular weight is 295 g/mol. The molecule has 1 unspecified atom stereocenters. The smallest absolute Gasteiger partial charge is 0.121 e. The van der Waals surface area contributed by atoms with E-state index < -0.39 is 0 Å². The molecule has 2 rings (SSSR count). The SMILES string of the molecule is COc1ccc(C(Cl)c2ccc(C)c(Cl)c2)cc1C. The van der Waals surface area contributed by atoms with Crippen LogP contribution < -0.4 is 4.74 Å². The van der Waals surface area contributed by atoms with E-state index in [0.717, 1.165) is 33.0 Å². The molecular weight excluding hydrogens is 279 g/mol. The summed E-state index contributed by atoms with van der Waals surface area (Å²) in [6, 6.07) is 11.9. The van der Waals surface area contributed by atoms with Gasteiger partial charge in [0, 0.05) is 5.02 Å². The van der Waals surface area contributed by atoms with Crippen LogP contribution in [0.4, 0.5) is 0 Å². The van der Waals surface area contributed by atoms with Crippen molar-refractivity contribution in [2.75, 3.05) is 7.11 Å². The van der Waals surface area contributed by atoms with Crippen molar-refractivity contribution in [1.29, 1.82) is 0 Å². The number of halogens is 2. The number of aryl methyl sites for hydroxylation is 2. The van der Waals surface area contributed by atoms with E-state index in [9.17, 15) is 0 Å². The second-order valence-corrected chi connectivity index (χ2v) is 5.44. The minimum Gasteiger partial charge on any atom is -0.496 e. The van der Waals surface area contributed by atoms with Gasteiger partial charge in [0.25, 0.3) is 0 Å². The molecule has 0 aliphatic heterocycles. The molecule has 3 heteroatoms. The van der Waals surface area contributed by atoms with Crippen LogP contribution >= 0.6 is 23.2 Å². The predicted octanol–water partition coefficient (Wildman–Crippen LogP) is 5.29. The lowest BCUT2D eigenvalue weighted by molar-refractivity contribution is 0.411. The van der Waals surface area contributed by atoms with Crippen molar-refractivity contribution in [3.63, 3.8) is 0 Å². The Hall–Kier alpha value is -1.18. The first-order valence-corrected chi connectivity index (χ1v) is 6.89. The molecule has 2 aromatic rings. The van der Waals surface area contributed by atoms with Crippen LogP contribution in [0.3, 0.4) is 0 Å². The van der Waals surface area contributed by atoms with Gasteiger partial charge in [0.1, 0.15) is 5.75 Å². The monoisotopic (exact) mass is 294 g/mol. The van der Waals surface area contributed by atoms with Crippen molar-refractivity contribution >= 4 is 23.2 Å². The quantitative estimate of drug-likeness (QED) is 0.699. The van der Waals surface area contributed by atoms with Crippen LogP contribution in [0, 0.1) is 13.8 Å². The molecular formula is C16H16Cl2O. The first-order valence-electron chi connectivity index (χ1n) is 6.07. The summed E-state index contributed by atoms with van der Waals surface area (Å²) in [5.74, 6) is 0.870. The van der Waals surface area contributed by atoms with Gasteiger partial charge in [0.05, 0.1) is 12.5 Å². The van der Waals surface area contributed by atoms with Crippen LogP contribution in [0.25, 0.3) is 0 Å². The number of hydrogen-bond donors (Lipinski definition) is 0. The van der Waals surface area contributed by atoms with Crippen LogP contribution in [0.1, 0.15) is 27.6 Å². The minimum absolute atomic E-state index is 0.206. The van der Waals surface area contributed by atoms with Crippen LogP contribution in [0.15, 0.2) is 36.4 Å². The molecule has 0 aliphatic carbocycles. The third-order valence-electron chi connectivity index (χ3n) is 3.20. The van der Waals surface area contributed by atoms with E-state index in [0.29, 0.717) is 0 Å². The predicted molar refractivity (Wildman–Crippen MR) is 81.6 cm³/mol. The number of hydrogen-bond acceptors (Lipinski definition) is 1. The Bertz CT molecular complexity index is 593. The number of alkyl halides is 1. The summed E-state index contributed by atoms with van der Waals surface area (Å²) in [7, 11) is 1.67. The minimum atomic E-state index is -0.206. The number of rotatable bonds is 3. The molecule has 0 aliphatic rings. The maximum absolute atomic E-state index is 6.52. The van der Waals surface area contributed by atoms with E-state index in [1.54, 1.807) is 7.11 Å². The zero-order valence-corrected chi connectivity index (χ0v) is 12.7.